The molecule has 0 amide bonds. The second-order valence-electron chi connectivity index (χ2n) is 15.1. The van der Waals surface area contributed by atoms with Gasteiger partial charge >= 0.3 is 0 Å². The summed E-state index contributed by atoms with van der Waals surface area (Å²) >= 11 is 0. The Bertz CT molecular complexity index is 3270. The van der Waals surface area contributed by atoms with E-state index in [4.69, 9.17) is 19.9 Å². The average Bonchev–Trinajstić information content (AvgIpc) is 3.68. The van der Waals surface area contributed by atoms with Crippen molar-refractivity contribution in [1.29, 1.82) is 0 Å². The Labute approximate surface area is 354 Å². The lowest BCUT2D eigenvalue weighted by Gasteiger charge is -2.15. The third kappa shape index (κ3) is 6.74. The summed E-state index contributed by atoms with van der Waals surface area (Å²) in [5, 5.41) is 2.44. The first-order chi connectivity index (χ1) is 30.2. The summed E-state index contributed by atoms with van der Waals surface area (Å²) in [4.78, 5) is 20.6. The van der Waals surface area contributed by atoms with Crippen LogP contribution >= 0.6 is 0 Å². The van der Waals surface area contributed by atoms with E-state index < -0.39 is 0 Å². The van der Waals surface area contributed by atoms with Gasteiger partial charge in [-0.3, -0.25) is 4.98 Å². The van der Waals surface area contributed by atoms with Crippen LogP contribution in [0.25, 0.3) is 106 Å². The average molecular weight is 780 g/mol. The van der Waals surface area contributed by atoms with Gasteiger partial charge in [0.15, 0.2) is 17.5 Å². The van der Waals surface area contributed by atoms with E-state index in [1.54, 1.807) is 0 Å². The Morgan fingerprint density at radius 2 is 0.787 bits per heavy atom. The predicted molar refractivity (Wildman–Crippen MR) is 250 cm³/mol. The second-order valence-corrected chi connectivity index (χ2v) is 15.1. The van der Waals surface area contributed by atoms with Crippen LogP contribution in [0.5, 0.6) is 0 Å². The van der Waals surface area contributed by atoms with Crippen LogP contribution in [-0.2, 0) is 0 Å². The predicted octanol–water partition coefficient (Wildman–Crippen LogP) is 14.0. The number of hydrogen-bond acceptors (Lipinski definition) is 4. The molecule has 0 saturated carbocycles. The number of nitrogens with zero attached hydrogens (tertiary/aromatic N) is 5. The monoisotopic (exact) mass is 779 g/mol. The van der Waals surface area contributed by atoms with E-state index >= 15 is 0 Å². The molecule has 0 atom stereocenters. The van der Waals surface area contributed by atoms with E-state index in [0.717, 1.165) is 67.0 Å². The molecule has 0 fully saturated rings. The highest BCUT2D eigenvalue weighted by Gasteiger charge is 2.20. The fourth-order valence-electron chi connectivity index (χ4n) is 8.37. The van der Waals surface area contributed by atoms with Gasteiger partial charge in [-0.25, -0.2) is 15.0 Å². The topological polar surface area (TPSA) is 56.5 Å². The molecule has 0 aliphatic heterocycles. The lowest BCUT2D eigenvalue weighted by Crippen LogP contribution is -2.02. The summed E-state index contributed by atoms with van der Waals surface area (Å²) in [5.74, 6) is 1.76. The quantitative estimate of drug-likeness (QED) is 0.154. The summed E-state index contributed by atoms with van der Waals surface area (Å²) in [6, 6.07) is 76.0. The van der Waals surface area contributed by atoms with Gasteiger partial charge in [-0.15, -0.1) is 0 Å². The molecule has 5 nitrogen and oxygen atoms in total. The van der Waals surface area contributed by atoms with Gasteiger partial charge in [-0.2, -0.15) is 0 Å². The molecule has 3 heterocycles. The number of fused-ring (bicyclic) bond motifs is 3. The molecule has 0 N–H and O–H groups in total. The molecule has 61 heavy (non-hydrogen) atoms. The Morgan fingerprint density at radius 3 is 1.44 bits per heavy atom. The lowest BCUT2D eigenvalue weighted by molar-refractivity contribution is 1.07. The normalized spacial score (nSPS) is 11.3. The third-order valence-corrected chi connectivity index (χ3v) is 11.3. The molecule has 11 aromatic rings. The molecule has 0 saturated heterocycles. The molecular formula is C56H37N5. The molecular weight excluding hydrogens is 743 g/mol. The summed E-state index contributed by atoms with van der Waals surface area (Å²) in [6.45, 7) is 0. The highest BCUT2D eigenvalue weighted by Crippen LogP contribution is 2.39. The molecule has 0 aliphatic rings. The number of para-hydroxylation sites is 2. The molecule has 0 bridgehead atoms. The van der Waals surface area contributed by atoms with Crippen LogP contribution < -0.4 is 0 Å². The molecule has 3 aromatic heterocycles. The Balaban J connectivity index is 1.06. The van der Waals surface area contributed by atoms with E-state index in [1.807, 2.05) is 72.9 Å². The van der Waals surface area contributed by atoms with Crippen molar-refractivity contribution < 1.29 is 0 Å². The van der Waals surface area contributed by atoms with Gasteiger partial charge in [-0.05, 0) is 64.2 Å². The Morgan fingerprint density at radius 1 is 0.295 bits per heavy atom. The van der Waals surface area contributed by atoms with Crippen LogP contribution in [-0.4, -0.2) is 24.5 Å². The number of benzene rings is 8. The molecule has 0 unspecified atom stereocenters. The van der Waals surface area contributed by atoms with Crippen molar-refractivity contribution in [3.05, 3.63) is 225 Å². The van der Waals surface area contributed by atoms with Crippen molar-refractivity contribution in [1.82, 2.24) is 24.5 Å². The summed E-state index contributed by atoms with van der Waals surface area (Å²) in [7, 11) is 0. The first-order valence-corrected chi connectivity index (χ1v) is 20.5. The minimum atomic E-state index is 0.554. The maximum absolute atomic E-state index is 5.25. The molecule has 11 rings (SSSR count). The van der Waals surface area contributed by atoms with E-state index in [-0.39, 0.29) is 0 Å². The maximum atomic E-state index is 5.25. The fraction of sp³-hybridized carbons (Fsp3) is 0. The SMILES string of the molecule is c1ccc(-c2nc(-c3ccccc3)nc(-c3cc(-c4ccccc4-c4ccccc4)cnc3-c3ccc(-c4ccc5c(c4)c4ccccc4n5-c4ccccc4)cc3)n2)cc1. The van der Waals surface area contributed by atoms with Gasteiger partial charge in [-0.1, -0.05) is 182 Å². The number of hydrogen-bond donors (Lipinski definition) is 0. The molecule has 286 valence electrons. The minimum Gasteiger partial charge on any atom is -0.309 e. The van der Waals surface area contributed by atoms with Crippen LogP contribution in [0, 0.1) is 0 Å². The molecule has 0 aliphatic carbocycles. The Hall–Kier alpha value is -8.28. The van der Waals surface area contributed by atoms with Crippen molar-refractivity contribution in [3.8, 4) is 84.5 Å². The van der Waals surface area contributed by atoms with Crippen molar-refractivity contribution in [2.75, 3.05) is 0 Å². The first-order valence-electron chi connectivity index (χ1n) is 20.5. The zero-order chi connectivity index (χ0) is 40.5. The second kappa shape index (κ2) is 15.5. The maximum Gasteiger partial charge on any atom is 0.166 e. The van der Waals surface area contributed by atoms with Crippen molar-refractivity contribution >= 4 is 21.8 Å². The van der Waals surface area contributed by atoms with Crippen LogP contribution in [0.3, 0.4) is 0 Å². The summed E-state index contributed by atoms with van der Waals surface area (Å²) < 4.78 is 2.35. The van der Waals surface area contributed by atoms with Crippen LogP contribution in [0.4, 0.5) is 0 Å². The van der Waals surface area contributed by atoms with Gasteiger partial charge in [0, 0.05) is 50.5 Å². The van der Waals surface area contributed by atoms with E-state index in [1.165, 1.54) is 21.8 Å². The van der Waals surface area contributed by atoms with Gasteiger partial charge in [0.05, 0.1) is 16.7 Å². The van der Waals surface area contributed by atoms with Gasteiger partial charge in [0.25, 0.3) is 0 Å². The number of pyridine rings is 1. The zero-order valence-electron chi connectivity index (χ0n) is 33.1. The highest BCUT2D eigenvalue weighted by atomic mass is 15.0. The largest absolute Gasteiger partial charge is 0.309 e. The number of rotatable bonds is 8. The van der Waals surface area contributed by atoms with Gasteiger partial charge < -0.3 is 4.57 Å². The smallest absolute Gasteiger partial charge is 0.166 e. The van der Waals surface area contributed by atoms with E-state index in [9.17, 15) is 0 Å². The van der Waals surface area contributed by atoms with Crippen LogP contribution in [0.1, 0.15) is 0 Å². The minimum absolute atomic E-state index is 0.554. The highest BCUT2D eigenvalue weighted by molar-refractivity contribution is 6.10. The molecule has 0 spiro atoms. The van der Waals surface area contributed by atoms with Gasteiger partial charge in [0.1, 0.15) is 0 Å². The van der Waals surface area contributed by atoms with Crippen molar-refractivity contribution in [3.63, 3.8) is 0 Å². The van der Waals surface area contributed by atoms with E-state index in [2.05, 4.69) is 156 Å². The first kappa shape index (κ1) is 35.8. The van der Waals surface area contributed by atoms with Crippen LogP contribution in [0.2, 0.25) is 0 Å². The molecule has 8 aromatic carbocycles. The molecule has 5 heteroatoms. The molecule has 0 radical (unpaired) electrons. The standard InChI is InChI=1S/C56H37N5/c1-5-17-39(18-6-1)46-25-13-14-26-47(46)44-36-50(56-59-54(41-19-7-2-8-20-41)58-55(60-56)42-21-9-3-10-22-42)53(57-37-44)40-31-29-38(30-32-40)43-33-34-52-49(35-43)48-27-15-16-28-51(48)61(52)45-23-11-4-12-24-45/h1-37H. The fourth-order valence-corrected chi connectivity index (χ4v) is 8.37. The van der Waals surface area contributed by atoms with Crippen molar-refractivity contribution in [2.45, 2.75) is 0 Å². The number of aromatic nitrogens is 5. The Kier molecular flexibility index (Phi) is 9.10. The van der Waals surface area contributed by atoms with Crippen LogP contribution in [0.15, 0.2) is 225 Å². The van der Waals surface area contributed by atoms with Crippen molar-refractivity contribution in [2.24, 2.45) is 0 Å². The summed E-state index contributed by atoms with van der Waals surface area (Å²) in [5.41, 5.74) is 14.5. The van der Waals surface area contributed by atoms with E-state index in [0.29, 0.717) is 17.5 Å². The lowest BCUT2D eigenvalue weighted by atomic mass is 9.93. The third-order valence-electron chi connectivity index (χ3n) is 11.3. The van der Waals surface area contributed by atoms with Gasteiger partial charge in [0.2, 0.25) is 0 Å². The zero-order valence-corrected chi connectivity index (χ0v) is 33.1. The summed E-state index contributed by atoms with van der Waals surface area (Å²) in [6.07, 6.45) is 1.97.